The van der Waals surface area contributed by atoms with Gasteiger partial charge in [0.1, 0.15) is 0 Å². The summed E-state index contributed by atoms with van der Waals surface area (Å²) in [5, 5.41) is 0. The van der Waals surface area contributed by atoms with Gasteiger partial charge in [0, 0.05) is 38.8 Å². The lowest BCUT2D eigenvalue weighted by atomic mass is 10.1. The lowest BCUT2D eigenvalue weighted by Crippen LogP contribution is -2.35. The van der Waals surface area contributed by atoms with Crippen LogP contribution in [0.2, 0.25) is 0 Å². The zero-order valence-electron chi connectivity index (χ0n) is 11.4. The molecule has 0 saturated carbocycles. The Morgan fingerprint density at radius 1 is 1.17 bits per heavy atom. The molecule has 0 amide bonds. The predicted molar refractivity (Wildman–Crippen MR) is 76.4 cm³/mol. The summed E-state index contributed by atoms with van der Waals surface area (Å²) in [6, 6.07) is 11.4. The zero-order valence-corrected chi connectivity index (χ0v) is 11.4. The smallest absolute Gasteiger partial charge is 0.0237 e. The van der Waals surface area contributed by atoms with Crippen molar-refractivity contribution in [3.05, 3.63) is 35.9 Å². The maximum atomic E-state index is 5.65. The van der Waals surface area contributed by atoms with Gasteiger partial charge in [0.05, 0.1) is 0 Å². The van der Waals surface area contributed by atoms with Crippen molar-refractivity contribution in [1.29, 1.82) is 0 Å². The van der Waals surface area contributed by atoms with E-state index in [4.69, 9.17) is 5.73 Å². The van der Waals surface area contributed by atoms with Crippen LogP contribution in [0.4, 0.5) is 0 Å². The molecular weight excluding hydrogens is 222 g/mol. The standard InChI is InChI=1S/C15H25N3/c1-14-7-9-17(10-8-16)11-12-18(14)13-15-5-3-2-4-6-15/h2-6,14H,7-13,16H2,1H3. The highest BCUT2D eigenvalue weighted by molar-refractivity contribution is 5.14. The van der Waals surface area contributed by atoms with Gasteiger partial charge in [-0.1, -0.05) is 30.3 Å². The quantitative estimate of drug-likeness (QED) is 0.876. The van der Waals surface area contributed by atoms with Gasteiger partial charge in [-0.15, -0.1) is 0 Å². The minimum atomic E-state index is 0.660. The van der Waals surface area contributed by atoms with E-state index in [9.17, 15) is 0 Å². The van der Waals surface area contributed by atoms with Gasteiger partial charge in [0.15, 0.2) is 0 Å². The van der Waals surface area contributed by atoms with Crippen molar-refractivity contribution < 1.29 is 0 Å². The summed E-state index contributed by atoms with van der Waals surface area (Å²) >= 11 is 0. The molecule has 1 aliphatic rings. The Morgan fingerprint density at radius 2 is 1.94 bits per heavy atom. The maximum absolute atomic E-state index is 5.65. The maximum Gasteiger partial charge on any atom is 0.0237 e. The topological polar surface area (TPSA) is 32.5 Å². The largest absolute Gasteiger partial charge is 0.329 e. The Hall–Kier alpha value is -0.900. The fourth-order valence-electron chi connectivity index (χ4n) is 2.61. The zero-order chi connectivity index (χ0) is 12.8. The molecule has 0 aromatic heterocycles. The van der Waals surface area contributed by atoms with Gasteiger partial charge in [-0.3, -0.25) is 4.90 Å². The van der Waals surface area contributed by atoms with Gasteiger partial charge in [0.2, 0.25) is 0 Å². The monoisotopic (exact) mass is 247 g/mol. The number of hydrogen-bond acceptors (Lipinski definition) is 3. The van der Waals surface area contributed by atoms with Gasteiger partial charge in [-0.25, -0.2) is 0 Å². The molecule has 0 radical (unpaired) electrons. The Bertz CT molecular complexity index is 339. The Balaban J connectivity index is 1.92. The first-order chi connectivity index (χ1) is 8.79. The Labute approximate surface area is 111 Å². The molecule has 0 aliphatic carbocycles. The van der Waals surface area contributed by atoms with Crippen LogP contribution < -0.4 is 5.73 Å². The number of nitrogens with zero attached hydrogens (tertiary/aromatic N) is 2. The summed E-state index contributed by atoms with van der Waals surface area (Å²) < 4.78 is 0. The molecule has 100 valence electrons. The molecule has 2 N–H and O–H groups in total. The van der Waals surface area contributed by atoms with E-state index in [1.54, 1.807) is 0 Å². The summed E-state index contributed by atoms with van der Waals surface area (Å²) in [7, 11) is 0. The van der Waals surface area contributed by atoms with Gasteiger partial charge >= 0.3 is 0 Å². The highest BCUT2D eigenvalue weighted by Crippen LogP contribution is 2.14. The second-order valence-corrected chi connectivity index (χ2v) is 5.22. The molecule has 3 heteroatoms. The van der Waals surface area contributed by atoms with Crippen molar-refractivity contribution in [2.24, 2.45) is 5.73 Å². The summed E-state index contributed by atoms with van der Waals surface area (Å²) in [6.45, 7) is 8.69. The van der Waals surface area contributed by atoms with Gasteiger partial charge in [-0.2, -0.15) is 0 Å². The number of rotatable bonds is 4. The fourth-order valence-corrected chi connectivity index (χ4v) is 2.61. The first kappa shape index (κ1) is 13.5. The second-order valence-electron chi connectivity index (χ2n) is 5.22. The molecule has 1 aliphatic heterocycles. The van der Waals surface area contributed by atoms with E-state index in [2.05, 4.69) is 47.1 Å². The van der Waals surface area contributed by atoms with Crippen LogP contribution >= 0.6 is 0 Å². The SMILES string of the molecule is CC1CCN(CCN)CCN1Cc1ccccc1. The molecule has 1 saturated heterocycles. The minimum Gasteiger partial charge on any atom is -0.329 e. The van der Waals surface area contributed by atoms with Gasteiger partial charge in [0.25, 0.3) is 0 Å². The van der Waals surface area contributed by atoms with E-state index in [1.165, 1.54) is 18.5 Å². The molecule has 1 atom stereocenters. The van der Waals surface area contributed by atoms with Crippen molar-refractivity contribution in [2.45, 2.75) is 25.9 Å². The third-order valence-corrected chi connectivity index (χ3v) is 3.86. The van der Waals surface area contributed by atoms with E-state index in [0.29, 0.717) is 6.04 Å². The van der Waals surface area contributed by atoms with Crippen LogP contribution in [0.5, 0.6) is 0 Å². The number of nitrogens with two attached hydrogens (primary N) is 1. The van der Waals surface area contributed by atoms with Crippen LogP contribution in [-0.4, -0.2) is 48.6 Å². The molecule has 1 unspecified atom stereocenters. The molecule has 0 spiro atoms. The summed E-state index contributed by atoms with van der Waals surface area (Å²) in [5.74, 6) is 0. The number of hydrogen-bond donors (Lipinski definition) is 1. The van der Waals surface area contributed by atoms with E-state index in [1.807, 2.05) is 0 Å². The van der Waals surface area contributed by atoms with Crippen molar-refractivity contribution in [2.75, 3.05) is 32.7 Å². The third-order valence-electron chi connectivity index (χ3n) is 3.86. The first-order valence-corrected chi connectivity index (χ1v) is 7.00. The highest BCUT2D eigenvalue weighted by atomic mass is 15.2. The molecule has 3 nitrogen and oxygen atoms in total. The third kappa shape index (κ3) is 3.80. The summed E-state index contributed by atoms with van der Waals surface area (Å²) in [5.41, 5.74) is 7.06. The molecule has 0 bridgehead atoms. The normalized spacial score (nSPS) is 22.9. The van der Waals surface area contributed by atoms with Crippen molar-refractivity contribution in [1.82, 2.24) is 9.80 Å². The van der Waals surface area contributed by atoms with Crippen LogP contribution in [0, 0.1) is 0 Å². The van der Waals surface area contributed by atoms with Crippen LogP contribution in [0.1, 0.15) is 18.9 Å². The van der Waals surface area contributed by atoms with Gasteiger partial charge in [-0.05, 0) is 25.5 Å². The average Bonchev–Trinajstić information content (AvgIpc) is 2.56. The Kier molecular flexibility index (Phi) is 5.17. The summed E-state index contributed by atoms with van der Waals surface area (Å²) in [6.07, 6.45) is 1.24. The van der Waals surface area contributed by atoms with E-state index < -0.39 is 0 Å². The highest BCUT2D eigenvalue weighted by Gasteiger charge is 2.20. The molecule has 1 aromatic rings. The van der Waals surface area contributed by atoms with Crippen LogP contribution in [-0.2, 0) is 6.54 Å². The first-order valence-electron chi connectivity index (χ1n) is 7.00. The fraction of sp³-hybridized carbons (Fsp3) is 0.600. The molecule has 1 heterocycles. The molecule has 18 heavy (non-hydrogen) atoms. The van der Waals surface area contributed by atoms with Crippen LogP contribution in [0.15, 0.2) is 30.3 Å². The lowest BCUT2D eigenvalue weighted by molar-refractivity contribution is 0.206. The molecule has 2 rings (SSSR count). The van der Waals surface area contributed by atoms with Crippen molar-refractivity contribution >= 4 is 0 Å². The predicted octanol–water partition coefficient (Wildman–Crippen LogP) is 1.54. The Morgan fingerprint density at radius 3 is 2.67 bits per heavy atom. The number of benzene rings is 1. The van der Waals surface area contributed by atoms with Crippen LogP contribution in [0.3, 0.4) is 0 Å². The van der Waals surface area contributed by atoms with Gasteiger partial charge < -0.3 is 10.6 Å². The molecule has 1 aromatic carbocycles. The summed E-state index contributed by atoms with van der Waals surface area (Å²) in [4.78, 5) is 5.08. The molecule has 1 fully saturated rings. The minimum absolute atomic E-state index is 0.660. The van der Waals surface area contributed by atoms with Crippen LogP contribution in [0.25, 0.3) is 0 Å². The lowest BCUT2D eigenvalue weighted by Gasteiger charge is -2.26. The van der Waals surface area contributed by atoms with Crippen molar-refractivity contribution in [3.63, 3.8) is 0 Å². The van der Waals surface area contributed by atoms with E-state index >= 15 is 0 Å². The average molecular weight is 247 g/mol. The van der Waals surface area contributed by atoms with E-state index in [-0.39, 0.29) is 0 Å². The van der Waals surface area contributed by atoms with Crippen molar-refractivity contribution in [3.8, 4) is 0 Å². The molecular formula is C15H25N3. The van der Waals surface area contributed by atoms with E-state index in [0.717, 1.165) is 32.7 Å². The second kappa shape index (κ2) is 6.88.